The van der Waals surface area contributed by atoms with Gasteiger partial charge in [-0.15, -0.1) is 0 Å². The Morgan fingerprint density at radius 1 is 0.917 bits per heavy atom. The third-order valence-corrected chi connectivity index (χ3v) is 4.11. The third-order valence-electron chi connectivity index (χ3n) is 4.11. The molecule has 0 spiro atoms. The Kier molecular flexibility index (Phi) is 12.6. The monoisotopic (exact) mass is 324 g/mol. The first-order chi connectivity index (χ1) is 11.5. The smallest absolute Gasteiger partial charge is 0.0138 e. The fourth-order valence-electron chi connectivity index (χ4n) is 2.13. The van der Waals surface area contributed by atoms with E-state index in [0.717, 1.165) is 19.3 Å². The van der Waals surface area contributed by atoms with E-state index in [1.54, 1.807) is 0 Å². The van der Waals surface area contributed by atoms with Crippen molar-refractivity contribution in [2.24, 2.45) is 5.92 Å². The van der Waals surface area contributed by atoms with Gasteiger partial charge in [0.2, 0.25) is 0 Å². The van der Waals surface area contributed by atoms with Crippen LogP contribution in [0.5, 0.6) is 0 Å². The minimum atomic E-state index is 0.533. The Bertz CT molecular complexity index is 545. The Hall–Kier alpha value is -1.82. The molecule has 0 aromatic heterocycles. The summed E-state index contributed by atoms with van der Waals surface area (Å²) < 4.78 is 0. The third kappa shape index (κ3) is 10.8. The molecule has 0 fully saturated rings. The van der Waals surface area contributed by atoms with Crippen LogP contribution < -0.4 is 0 Å². The summed E-state index contributed by atoms with van der Waals surface area (Å²) in [7, 11) is 0. The van der Waals surface area contributed by atoms with E-state index in [9.17, 15) is 0 Å². The Labute approximate surface area is 150 Å². The van der Waals surface area contributed by atoms with Crippen LogP contribution in [-0.2, 0) is 0 Å². The van der Waals surface area contributed by atoms with E-state index in [4.69, 9.17) is 0 Å². The highest BCUT2D eigenvalue weighted by molar-refractivity contribution is 5.38. The molecule has 1 unspecified atom stereocenters. The molecule has 0 heterocycles. The van der Waals surface area contributed by atoms with Crippen molar-refractivity contribution in [2.75, 3.05) is 0 Å². The van der Waals surface area contributed by atoms with Crippen LogP contribution in [0.15, 0.2) is 83.6 Å². The summed E-state index contributed by atoms with van der Waals surface area (Å²) in [6.45, 7) is 16.9. The summed E-state index contributed by atoms with van der Waals surface area (Å²) in [6.07, 6.45) is 22.9. The van der Waals surface area contributed by atoms with E-state index in [2.05, 4.69) is 103 Å². The van der Waals surface area contributed by atoms with Gasteiger partial charge in [-0.2, -0.15) is 0 Å². The molecule has 132 valence electrons. The summed E-state index contributed by atoms with van der Waals surface area (Å²) >= 11 is 0. The maximum absolute atomic E-state index is 4.10. The average Bonchev–Trinajstić information content (AvgIpc) is 2.59. The molecule has 0 aliphatic carbocycles. The quantitative estimate of drug-likeness (QED) is 0.283. The van der Waals surface area contributed by atoms with E-state index < -0.39 is 0 Å². The summed E-state index contributed by atoms with van der Waals surface area (Å²) in [5.41, 5.74) is 5.19. The second kappa shape index (κ2) is 13.6. The fourth-order valence-corrected chi connectivity index (χ4v) is 2.13. The minimum Gasteiger partial charge on any atom is -0.0999 e. The van der Waals surface area contributed by atoms with Crippen LogP contribution >= 0.6 is 0 Å². The van der Waals surface area contributed by atoms with Gasteiger partial charge in [0.15, 0.2) is 0 Å². The largest absolute Gasteiger partial charge is 0.0999 e. The molecule has 0 bridgehead atoms. The molecular formula is C24H36. The molecule has 0 radical (unpaired) electrons. The fraction of sp³-hybridized carbons (Fsp3) is 0.417. The van der Waals surface area contributed by atoms with Crippen molar-refractivity contribution < 1.29 is 0 Å². The number of allylic oxidation sites excluding steroid dienone is 13. The van der Waals surface area contributed by atoms with E-state index in [1.165, 1.54) is 22.3 Å². The maximum atomic E-state index is 4.10. The number of rotatable bonds is 10. The van der Waals surface area contributed by atoms with Crippen molar-refractivity contribution in [3.05, 3.63) is 83.6 Å². The van der Waals surface area contributed by atoms with Gasteiger partial charge in [-0.25, -0.2) is 0 Å². The molecule has 24 heavy (non-hydrogen) atoms. The first kappa shape index (κ1) is 22.2. The first-order valence-electron chi connectivity index (χ1n) is 9.10. The van der Waals surface area contributed by atoms with Crippen molar-refractivity contribution >= 4 is 0 Å². The van der Waals surface area contributed by atoms with Crippen molar-refractivity contribution in [2.45, 2.75) is 60.8 Å². The lowest BCUT2D eigenvalue weighted by molar-refractivity contribution is 0.701. The van der Waals surface area contributed by atoms with E-state index >= 15 is 0 Å². The van der Waals surface area contributed by atoms with Crippen LogP contribution in [0.4, 0.5) is 0 Å². The predicted octanol–water partition coefficient (Wildman–Crippen LogP) is 7.90. The summed E-state index contributed by atoms with van der Waals surface area (Å²) in [6, 6.07) is 0. The lowest BCUT2D eigenvalue weighted by Gasteiger charge is -2.07. The zero-order valence-electron chi connectivity index (χ0n) is 16.6. The van der Waals surface area contributed by atoms with Gasteiger partial charge >= 0.3 is 0 Å². The van der Waals surface area contributed by atoms with Crippen LogP contribution in [0, 0.1) is 5.92 Å². The summed E-state index contributed by atoms with van der Waals surface area (Å²) in [4.78, 5) is 0. The molecule has 0 aliphatic rings. The molecule has 0 aliphatic heterocycles. The normalized spacial score (nSPS) is 15.8. The topological polar surface area (TPSA) is 0 Å². The molecule has 1 atom stereocenters. The van der Waals surface area contributed by atoms with Gasteiger partial charge in [0.1, 0.15) is 0 Å². The zero-order valence-corrected chi connectivity index (χ0v) is 16.6. The molecule has 0 aromatic carbocycles. The Balaban J connectivity index is 4.74. The zero-order chi connectivity index (χ0) is 18.4. The molecular weight excluding hydrogens is 288 g/mol. The Morgan fingerprint density at radius 3 is 2.00 bits per heavy atom. The molecule has 0 N–H and O–H groups in total. The molecule has 0 saturated heterocycles. The lowest BCUT2D eigenvalue weighted by Crippen LogP contribution is -1.91. The second-order valence-corrected chi connectivity index (χ2v) is 6.30. The Morgan fingerprint density at radius 2 is 1.50 bits per heavy atom. The van der Waals surface area contributed by atoms with Crippen LogP contribution in [-0.4, -0.2) is 0 Å². The average molecular weight is 325 g/mol. The molecule has 0 rings (SSSR count). The SMILES string of the molecule is C=C(CC)CC(C)\C=C/C(/C=C/C(/C=C\C/C(C)=C/C)=C/C)=C\C. The van der Waals surface area contributed by atoms with Gasteiger partial charge in [-0.05, 0) is 64.0 Å². The molecule has 0 saturated carbocycles. The molecule has 0 heteroatoms. The van der Waals surface area contributed by atoms with Crippen molar-refractivity contribution in [3.8, 4) is 0 Å². The van der Waals surface area contributed by atoms with E-state index in [-0.39, 0.29) is 0 Å². The maximum Gasteiger partial charge on any atom is -0.0138 e. The summed E-state index contributed by atoms with van der Waals surface area (Å²) in [5.74, 6) is 0.533. The van der Waals surface area contributed by atoms with Crippen molar-refractivity contribution in [3.63, 3.8) is 0 Å². The van der Waals surface area contributed by atoms with Crippen molar-refractivity contribution in [1.82, 2.24) is 0 Å². The van der Waals surface area contributed by atoms with E-state index in [1.807, 2.05) is 0 Å². The van der Waals surface area contributed by atoms with E-state index in [0.29, 0.717) is 5.92 Å². The van der Waals surface area contributed by atoms with Crippen LogP contribution in [0.1, 0.15) is 60.8 Å². The van der Waals surface area contributed by atoms with Crippen LogP contribution in [0.25, 0.3) is 0 Å². The van der Waals surface area contributed by atoms with Gasteiger partial charge in [-0.1, -0.05) is 86.3 Å². The van der Waals surface area contributed by atoms with Gasteiger partial charge in [0, 0.05) is 0 Å². The number of hydrogen-bond donors (Lipinski definition) is 0. The number of hydrogen-bond acceptors (Lipinski definition) is 0. The van der Waals surface area contributed by atoms with Gasteiger partial charge in [0.25, 0.3) is 0 Å². The first-order valence-corrected chi connectivity index (χ1v) is 9.10. The summed E-state index contributed by atoms with van der Waals surface area (Å²) in [5, 5.41) is 0. The van der Waals surface area contributed by atoms with Gasteiger partial charge in [-0.3, -0.25) is 0 Å². The second-order valence-electron chi connectivity index (χ2n) is 6.30. The highest BCUT2D eigenvalue weighted by Gasteiger charge is 1.99. The standard InChI is InChI=1S/C24H36/c1-8-20(5)13-12-14-23(10-3)17-18-24(11-4)16-15-22(7)19-21(6)9-2/h8,10-12,14-18,22H,6,9,13,19H2,1-5,7H3/b14-12-,16-15-,18-17+,20-8+,23-10+,24-11+. The lowest BCUT2D eigenvalue weighted by atomic mass is 9.99. The molecule has 0 amide bonds. The van der Waals surface area contributed by atoms with Crippen LogP contribution in [0.2, 0.25) is 0 Å². The molecule has 0 nitrogen and oxygen atoms in total. The van der Waals surface area contributed by atoms with Gasteiger partial charge < -0.3 is 0 Å². The predicted molar refractivity (Wildman–Crippen MR) is 112 cm³/mol. The minimum absolute atomic E-state index is 0.533. The van der Waals surface area contributed by atoms with Crippen LogP contribution in [0.3, 0.4) is 0 Å². The van der Waals surface area contributed by atoms with Gasteiger partial charge in [0.05, 0.1) is 0 Å². The highest BCUT2D eigenvalue weighted by Crippen LogP contribution is 2.15. The van der Waals surface area contributed by atoms with Crippen molar-refractivity contribution in [1.29, 1.82) is 0 Å². The highest BCUT2D eigenvalue weighted by atomic mass is 14.0. The molecule has 0 aromatic rings.